The van der Waals surface area contributed by atoms with Gasteiger partial charge in [-0.05, 0) is 62.5 Å². The molecule has 1 saturated heterocycles. The second-order valence-corrected chi connectivity index (χ2v) is 22.9. The van der Waals surface area contributed by atoms with Gasteiger partial charge in [-0.2, -0.15) is 0 Å². The zero-order valence-electron chi connectivity index (χ0n) is 31.6. The SMILES string of the molecule is CC[Si](CC)(CC)O[C@H]1C[C@H]2OC[C@@]2(OC(C)=O)[C@H]2[C@H](OC(=O)c3ccccc3)[C@]3(O)CCC(C)=C([C@@H](OC(=O)OCC(Cl)(Cl)Cl)C(=O)[C@]12C)C3(C)C. The maximum Gasteiger partial charge on any atom is 0.509 e. The van der Waals surface area contributed by atoms with Gasteiger partial charge in [0.1, 0.15) is 24.4 Å². The van der Waals surface area contributed by atoms with E-state index in [2.05, 4.69) is 20.8 Å². The predicted octanol–water partition coefficient (Wildman–Crippen LogP) is 7.67. The number of carbonyl (C=O) groups is 4. The molecule has 15 heteroatoms. The maximum absolute atomic E-state index is 15.9. The van der Waals surface area contributed by atoms with Crippen molar-refractivity contribution in [1.29, 1.82) is 0 Å². The predicted molar refractivity (Wildman–Crippen MR) is 200 cm³/mol. The lowest BCUT2D eigenvalue weighted by Crippen LogP contribution is -2.82. The fourth-order valence-corrected chi connectivity index (χ4v) is 12.6. The molecule has 0 radical (unpaired) electrons. The van der Waals surface area contributed by atoms with Gasteiger partial charge < -0.3 is 33.2 Å². The zero-order valence-corrected chi connectivity index (χ0v) is 34.9. The van der Waals surface area contributed by atoms with Crippen molar-refractivity contribution in [2.75, 3.05) is 13.2 Å². The van der Waals surface area contributed by atoms with Gasteiger partial charge in [0, 0.05) is 18.8 Å². The van der Waals surface area contributed by atoms with E-state index in [-0.39, 0.29) is 31.4 Å². The number of fused-ring (bicyclic) bond motifs is 5. The summed E-state index contributed by atoms with van der Waals surface area (Å²) in [5.41, 5.74) is -5.28. The van der Waals surface area contributed by atoms with E-state index in [1.54, 1.807) is 51.1 Å². The molecule has 0 aromatic heterocycles. The number of carbonyl (C=O) groups excluding carboxylic acids is 4. The van der Waals surface area contributed by atoms with Crippen LogP contribution in [0.25, 0.3) is 0 Å². The minimum atomic E-state index is -2.53. The first-order chi connectivity index (χ1) is 24.7. The summed E-state index contributed by atoms with van der Waals surface area (Å²) in [6, 6.07) is 10.6. The molecule has 2 bridgehead atoms. The van der Waals surface area contributed by atoms with Crippen molar-refractivity contribution in [2.45, 2.75) is 132 Å². The van der Waals surface area contributed by atoms with Crippen LogP contribution in [-0.2, 0) is 37.7 Å². The number of hydrogen-bond acceptors (Lipinski definition) is 11. The molecule has 1 aromatic carbocycles. The summed E-state index contributed by atoms with van der Waals surface area (Å²) in [5.74, 6) is -3.20. The first-order valence-corrected chi connectivity index (χ1v) is 21.9. The van der Waals surface area contributed by atoms with Crippen LogP contribution in [0.15, 0.2) is 41.5 Å². The molecule has 53 heavy (non-hydrogen) atoms. The van der Waals surface area contributed by atoms with E-state index in [9.17, 15) is 19.5 Å². The topological polar surface area (TPSA) is 144 Å². The Morgan fingerprint density at radius 3 is 2.17 bits per heavy atom. The number of ketones is 1. The standard InChI is InChI=1S/C38H51Cl3O11Si/c1-9-53(10-2,11-3)52-25-19-26-36(20-47-26,51-23(5)42)29-31(50-32(44)24-15-13-12-14-16-24)37(46)18-17-22(4)27(34(37,6)7)28(30(43)35(25,29)8)49-33(45)48-21-38(39,40)41/h12-16,25-26,28-29,31,46H,9-11,17-21H2,1-8H3/t25-,26+,28+,29-,31-,35+,36-,37+/m0/s1. The van der Waals surface area contributed by atoms with Crippen molar-refractivity contribution in [3.63, 3.8) is 0 Å². The van der Waals surface area contributed by atoms with Gasteiger partial charge in [0.2, 0.25) is 3.79 Å². The van der Waals surface area contributed by atoms with E-state index < -0.39 is 95.0 Å². The van der Waals surface area contributed by atoms with Gasteiger partial charge in [-0.1, -0.05) is 93.2 Å². The summed E-state index contributed by atoms with van der Waals surface area (Å²) in [6.07, 6.45) is -5.49. The molecular weight excluding hydrogens is 767 g/mol. The van der Waals surface area contributed by atoms with Crippen LogP contribution in [0.2, 0.25) is 18.1 Å². The molecule has 0 unspecified atom stereocenters. The van der Waals surface area contributed by atoms with Crippen LogP contribution in [0.4, 0.5) is 4.79 Å². The van der Waals surface area contributed by atoms with E-state index in [0.717, 1.165) is 18.1 Å². The molecule has 1 aliphatic heterocycles. The molecule has 3 aliphatic carbocycles. The third-order valence-electron chi connectivity index (χ3n) is 12.7. The monoisotopic (exact) mass is 816 g/mol. The van der Waals surface area contributed by atoms with Gasteiger partial charge in [-0.3, -0.25) is 9.59 Å². The molecule has 1 N–H and O–H groups in total. The second kappa shape index (κ2) is 15.0. The van der Waals surface area contributed by atoms with Gasteiger partial charge in [-0.15, -0.1) is 0 Å². The normalized spacial score (nSPS) is 33.7. The average molecular weight is 818 g/mol. The highest BCUT2D eigenvalue weighted by Gasteiger charge is 2.78. The van der Waals surface area contributed by atoms with Gasteiger partial charge in [0.25, 0.3) is 0 Å². The molecule has 0 spiro atoms. The lowest BCUT2D eigenvalue weighted by Gasteiger charge is -2.68. The third kappa shape index (κ3) is 7.19. The van der Waals surface area contributed by atoms with Crippen LogP contribution in [-0.4, -0.2) is 89.9 Å². The number of ether oxygens (including phenoxy) is 5. The molecule has 1 aromatic rings. The van der Waals surface area contributed by atoms with Crippen molar-refractivity contribution in [3.8, 4) is 0 Å². The molecule has 4 aliphatic rings. The minimum Gasteiger partial charge on any atom is -0.455 e. The van der Waals surface area contributed by atoms with Crippen molar-refractivity contribution < 1.29 is 52.4 Å². The van der Waals surface area contributed by atoms with E-state index in [1.807, 2.05) is 6.92 Å². The Morgan fingerprint density at radius 1 is 1.02 bits per heavy atom. The zero-order chi connectivity index (χ0) is 39.4. The number of benzene rings is 1. The first kappa shape index (κ1) is 42.0. The lowest BCUT2D eigenvalue weighted by molar-refractivity contribution is -0.343. The third-order valence-corrected chi connectivity index (χ3v) is 17.7. The maximum atomic E-state index is 15.9. The van der Waals surface area contributed by atoms with Crippen LogP contribution in [0.3, 0.4) is 0 Å². The van der Waals surface area contributed by atoms with Gasteiger partial charge >= 0.3 is 18.1 Å². The average Bonchev–Trinajstić information content (AvgIpc) is 3.09. The van der Waals surface area contributed by atoms with Crippen LogP contribution in [0, 0.1) is 16.7 Å². The molecular formula is C38H51Cl3O11Si. The van der Waals surface area contributed by atoms with Crippen LogP contribution in [0.1, 0.15) is 85.0 Å². The first-order valence-electron chi connectivity index (χ1n) is 18.3. The van der Waals surface area contributed by atoms with E-state index >= 15 is 4.79 Å². The number of alkyl halides is 3. The molecule has 5 rings (SSSR count). The van der Waals surface area contributed by atoms with Gasteiger partial charge in [0.05, 0.1) is 29.6 Å². The second-order valence-electron chi connectivity index (χ2n) is 15.6. The smallest absolute Gasteiger partial charge is 0.455 e. The van der Waals surface area contributed by atoms with Crippen molar-refractivity contribution in [3.05, 3.63) is 47.0 Å². The summed E-state index contributed by atoms with van der Waals surface area (Å²) in [6.45, 7) is 13.6. The summed E-state index contributed by atoms with van der Waals surface area (Å²) in [4.78, 5) is 56.6. The Balaban J connectivity index is 1.82. The van der Waals surface area contributed by atoms with Crippen LogP contribution in [0.5, 0.6) is 0 Å². The Morgan fingerprint density at radius 2 is 1.64 bits per heavy atom. The number of halogens is 3. The van der Waals surface area contributed by atoms with E-state index in [4.69, 9.17) is 62.9 Å². The molecule has 8 atom stereocenters. The Bertz CT molecular complexity index is 1620. The van der Waals surface area contributed by atoms with Crippen LogP contribution < -0.4 is 0 Å². The van der Waals surface area contributed by atoms with Crippen molar-refractivity contribution in [2.24, 2.45) is 16.7 Å². The highest BCUT2D eigenvalue weighted by Crippen LogP contribution is 2.65. The van der Waals surface area contributed by atoms with Crippen molar-refractivity contribution >= 4 is 67.0 Å². The lowest BCUT2D eigenvalue weighted by atomic mass is 9.45. The number of aliphatic hydroxyl groups is 1. The van der Waals surface area contributed by atoms with E-state index in [1.165, 1.54) is 6.92 Å². The highest BCUT2D eigenvalue weighted by atomic mass is 35.6. The minimum absolute atomic E-state index is 0.0953. The quantitative estimate of drug-likeness (QED) is 0.0817. The number of allylic oxidation sites excluding steroid dienone is 1. The molecule has 3 fully saturated rings. The number of hydrogen-bond donors (Lipinski definition) is 1. The summed E-state index contributed by atoms with van der Waals surface area (Å²) in [7, 11) is -2.53. The Labute approximate surface area is 327 Å². The fraction of sp³-hybridized carbons (Fsp3) is 0.684. The van der Waals surface area contributed by atoms with Crippen molar-refractivity contribution in [1.82, 2.24) is 0 Å². The molecule has 11 nitrogen and oxygen atoms in total. The van der Waals surface area contributed by atoms with E-state index in [0.29, 0.717) is 11.1 Å². The number of rotatable bonds is 10. The highest BCUT2D eigenvalue weighted by molar-refractivity contribution is 6.73. The Kier molecular flexibility index (Phi) is 11.9. The summed E-state index contributed by atoms with van der Waals surface area (Å²) >= 11 is 17.6. The van der Waals surface area contributed by atoms with Crippen LogP contribution >= 0.6 is 34.8 Å². The van der Waals surface area contributed by atoms with Gasteiger partial charge in [0.15, 0.2) is 25.8 Å². The largest absolute Gasteiger partial charge is 0.509 e. The fourth-order valence-electron chi connectivity index (χ4n) is 9.49. The molecule has 294 valence electrons. The Hall–Kier alpha value is -2.19. The number of Topliss-reactive ketones (excluding diaryl/α,β-unsaturated/α-hetero) is 1. The number of esters is 2. The molecule has 2 saturated carbocycles. The summed E-state index contributed by atoms with van der Waals surface area (Å²) < 4.78 is 35.4. The molecule has 1 heterocycles. The summed E-state index contributed by atoms with van der Waals surface area (Å²) in [5, 5.41) is 13.4. The van der Waals surface area contributed by atoms with Gasteiger partial charge in [-0.25, -0.2) is 9.59 Å². The molecule has 0 amide bonds.